The zero-order valence-electron chi connectivity index (χ0n) is 11.1. The van der Waals surface area contributed by atoms with E-state index in [4.69, 9.17) is 0 Å². The number of carbonyl (C=O) groups excluding carboxylic acids is 1. The summed E-state index contributed by atoms with van der Waals surface area (Å²) in [6, 6.07) is 2.64. The average molecular weight is 234 g/mol. The Kier molecular flexibility index (Phi) is 3.67. The number of likely N-dealkylation sites (N-methyl/N-ethyl adjacent to an activating group) is 1. The molecule has 94 valence electrons. The van der Waals surface area contributed by atoms with E-state index in [0.717, 1.165) is 30.6 Å². The summed E-state index contributed by atoms with van der Waals surface area (Å²) in [7, 11) is 0. The van der Waals surface area contributed by atoms with Gasteiger partial charge in [-0.3, -0.25) is 9.69 Å². The number of hydrogen-bond donors (Lipinski definition) is 0. The van der Waals surface area contributed by atoms with Crippen LogP contribution in [0.3, 0.4) is 0 Å². The fraction of sp³-hybridized carbons (Fsp3) is 0.643. The van der Waals surface area contributed by atoms with Crippen LogP contribution in [0.25, 0.3) is 0 Å². The predicted octanol–water partition coefficient (Wildman–Crippen LogP) is 2.40. The number of likely N-dealkylation sites (tertiary alicyclic amines) is 1. The molecule has 1 aromatic rings. The topological polar surface area (TPSA) is 25.2 Å². The van der Waals surface area contributed by atoms with Gasteiger partial charge in [0, 0.05) is 29.5 Å². The zero-order chi connectivity index (χ0) is 12.4. The SMILES string of the molecule is CCN1CCC[C@H]1Cn1c(C)cc(C=O)c1C. The van der Waals surface area contributed by atoms with Gasteiger partial charge in [-0.1, -0.05) is 6.92 Å². The molecule has 0 amide bonds. The van der Waals surface area contributed by atoms with Gasteiger partial charge in [0.15, 0.2) is 6.29 Å². The Hall–Kier alpha value is -1.09. The molecule has 3 nitrogen and oxygen atoms in total. The van der Waals surface area contributed by atoms with Crippen LogP contribution >= 0.6 is 0 Å². The van der Waals surface area contributed by atoms with Crippen LogP contribution in [0, 0.1) is 13.8 Å². The molecule has 17 heavy (non-hydrogen) atoms. The summed E-state index contributed by atoms with van der Waals surface area (Å²) in [4.78, 5) is 13.5. The van der Waals surface area contributed by atoms with Gasteiger partial charge in [0.05, 0.1) is 0 Å². The van der Waals surface area contributed by atoms with Crippen LogP contribution in [-0.2, 0) is 6.54 Å². The summed E-state index contributed by atoms with van der Waals surface area (Å²) in [6.45, 7) is 9.74. The van der Waals surface area contributed by atoms with Crippen molar-refractivity contribution in [2.24, 2.45) is 0 Å². The van der Waals surface area contributed by atoms with Gasteiger partial charge >= 0.3 is 0 Å². The molecule has 1 aliphatic rings. The van der Waals surface area contributed by atoms with Gasteiger partial charge in [-0.2, -0.15) is 0 Å². The van der Waals surface area contributed by atoms with Crippen LogP contribution in [0.4, 0.5) is 0 Å². The molecule has 1 atom stereocenters. The van der Waals surface area contributed by atoms with Crippen molar-refractivity contribution in [1.82, 2.24) is 9.47 Å². The number of hydrogen-bond acceptors (Lipinski definition) is 2. The van der Waals surface area contributed by atoms with Gasteiger partial charge in [-0.25, -0.2) is 0 Å². The van der Waals surface area contributed by atoms with E-state index in [9.17, 15) is 4.79 Å². The molecule has 1 aliphatic heterocycles. The largest absolute Gasteiger partial charge is 0.347 e. The van der Waals surface area contributed by atoms with E-state index in [2.05, 4.69) is 23.3 Å². The Labute approximate surface area is 103 Å². The quantitative estimate of drug-likeness (QED) is 0.747. The Morgan fingerprint density at radius 3 is 2.82 bits per heavy atom. The summed E-state index contributed by atoms with van der Waals surface area (Å²) in [5, 5.41) is 0. The maximum absolute atomic E-state index is 10.9. The molecule has 1 aromatic heterocycles. The first-order valence-electron chi connectivity index (χ1n) is 6.53. The molecule has 0 radical (unpaired) electrons. The van der Waals surface area contributed by atoms with E-state index in [1.54, 1.807) is 0 Å². The van der Waals surface area contributed by atoms with E-state index in [0.29, 0.717) is 6.04 Å². The number of aromatic nitrogens is 1. The summed E-state index contributed by atoms with van der Waals surface area (Å²) >= 11 is 0. The molecule has 1 saturated heterocycles. The van der Waals surface area contributed by atoms with E-state index in [1.165, 1.54) is 25.1 Å². The molecule has 1 fully saturated rings. The van der Waals surface area contributed by atoms with Crippen molar-refractivity contribution in [3.63, 3.8) is 0 Å². The van der Waals surface area contributed by atoms with Gasteiger partial charge in [0.2, 0.25) is 0 Å². The molecule has 0 aliphatic carbocycles. The molecule has 0 N–H and O–H groups in total. The third-order valence-corrected chi connectivity index (χ3v) is 4.04. The number of aryl methyl sites for hydroxylation is 1. The summed E-state index contributed by atoms with van der Waals surface area (Å²) < 4.78 is 2.29. The second kappa shape index (κ2) is 5.05. The van der Waals surface area contributed by atoms with Crippen molar-refractivity contribution >= 4 is 6.29 Å². The van der Waals surface area contributed by atoms with Crippen molar-refractivity contribution in [2.75, 3.05) is 13.1 Å². The highest BCUT2D eigenvalue weighted by atomic mass is 16.1. The molecule has 2 rings (SSSR count). The van der Waals surface area contributed by atoms with E-state index >= 15 is 0 Å². The lowest BCUT2D eigenvalue weighted by molar-refractivity contribution is 0.112. The summed E-state index contributed by atoms with van der Waals surface area (Å²) in [6.07, 6.45) is 3.55. The molecule has 0 aromatic carbocycles. The monoisotopic (exact) mass is 234 g/mol. The van der Waals surface area contributed by atoms with Crippen LogP contribution in [0.1, 0.15) is 41.5 Å². The second-order valence-electron chi connectivity index (χ2n) is 4.98. The first kappa shape index (κ1) is 12.4. The van der Waals surface area contributed by atoms with E-state index < -0.39 is 0 Å². The van der Waals surface area contributed by atoms with Crippen LogP contribution < -0.4 is 0 Å². The van der Waals surface area contributed by atoms with Crippen molar-refractivity contribution in [2.45, 2.75) is 46.2 Å². The van der Waals surface area contributed by atoms with E-state index in [1.807, 2.05) is 13.0 Å². The van der Waals surface area contributed by atoms with Crippen LogP contribution in [-0.4, -0.2) is 34.9 Å². The predicted molar refractivity (Wildman–Crippen MR) is 69.6 cm³/mol. The third kappa shape index (κ3) is 2.29. The lowest BCUT2D eigenvalue weighted by Gasteiger charge is -2.24. The van der Waals surface area contributed by atoms with Gasteiger partial charge in [0.1, 0.15) is 0 Å². The van der Waals surface area contributed by atoms with Crippen molar-refractivity contribution in [3.05, 3.63) is 23.0 Å². The molecule has 3 heteroatoms. The highest BCUT2D eigenvalue weighted by Gasteiger charge is 2.24. The zero-order valence-corrected chi connectivity index (χ0v) is 11.1. The molecular weight excluding hydrogens is 212 g/mol. The molecule has 2 heterocycles. The smallest absolute Gasteiger partial charge is 0.151 e. The molecule has 0 spiro atoms. The van der Waals surface area contributed by atoms with Crippen molar-refractivity contribution < 1.29 is 4.79 Å². The number of nitrogens with zero attached hydrogens (tertiary/aromatic N) is 2. The molecular formula is C14H22N2O. The normalized spacial score (nSPS) is 21.0. The lowest BCUT2D eigenvalue weighted by Crippen LogP contribution is -2.33. The fourth-order valence-electron chi connectivity index (χ4n) is 2.96. The first-order chi connectivity index (χ1) is 8.17. The number of aldehydes is 1. The van der Waals surface area contributed by atoms with Crippen molar-refractivity contribution in [1.29, 1.82) is 0 Å². The molecule has 0 saturated carbocycles. The Morgan fingerprint density at radius 2 is 2.24 bits per heavy atom. The Morgan fingerprint density at radius 1 is 1.47 bits per heavy atom. The Balaban J connectivity index is 2.18. The highest BCUT2D eigenvalue weighted by molar-refractivity contribution is 5.77. The summed E-state index contributed by atoms with van der Waals surface area (Å²) in [5.41, 5.74) is 3.15. The average Bonchev–Trinajstić information content (AvgIpc) is 2.88. The number of carbonyl (C=O) groups is 1. The van der Waals surface area contributed by atoms with Gasteiger partial charge in [0.25, 0.3) is 0 Å². The van der Waals surface area contributed by atoms with Gasteiger partial charge < -0.3 is 4.57 Å². The standard InChI is InChI=1S/C14H22N2O/c1-4-15-7-5-6-14(15)9-16-11(2)8-13(10-17)12(16)3/h8,10,14H,4-7,9H2,1-3H3/t14-/m0/s1. The minimum atomic E-state index is 0.643. The minimum Gasteiger partial charge on any atom is -0.347 e. The van der Waals surface area contributed by atoms with E-state index in [-0.39, 0.29) is 0 Å². The van der Waals surface area contributed by atoms with Crippen LogP contribution in [0.2, 0.25) is 0 Å². The van der Waals surface area contributed by atoms with Crippen LogP contribution in [0.5, 0.6) is 0 Å². The van der Waals surface area contributed by atoms with Gasteiger partial charge in [-0.05, 0) is 45.8 Å². The lowest BCUT2D eigenvalue weighted by atomic mass is 10.2. The molecule has 0 unspecified atom stereocenters. The maximum atomic E-state index is 10.9. The first-order valence-corrected chi connectivity index (χ1v) is 6.53. The van der Waals surface area contributed by atoms with Gasteiger partial charge in [-0.15, -0.1) is 0 Å². The fourth-order valence-corrected chi connectivity index (χ4v) is 2.96. The number of rotatable bonds is 4. The maximum Gasteiger partial charge on any atom is 0.151 e. The highest BCUT2D eigenvalue weighted by Crippen LogP contribution is 2.21. The summed E-state index contributed by atoms with van der Waals surface area (Å²) in [5.74, 6) is 0. The molecule has 0 bridgehead atoms. The Bertz CT molecular complexity index is 409. The van der Waals surface area contributed by atoms with Crippen molar-refractivity contribution in [3.8, 4) is 0 Å². The third-order valence-electron chi connectivity index (χ3n) is 4.04. The minimum absolute atomic E-state index is 0.643. The van der Waals surface area contributed by atoms with Crippen LogP contribution in [0.15, 0.2) is 6.07 Å². The second-order valence-corrected chi connectivity index (χ2v) is 4.98.